The maximum absolute atomic E-state index is 11.8. The van der Waals surface area contributed by atoms with Crippen molar-refractivity contribution in [3.63, 3.8) is 0 Å². The molecule has 0 spiro atoms. The van der Waals surface area contributed by atoms with Crippen molar-refractivity contribution in [1.82, 2.24) is 0 Å². The molecule has 0 fully saturated rings. The Balaban J connectivity index is 2.15. The molecule has 2 atom stereocenters. The highest BCUT2D eigenvalue weighted by molar-refractivity contribution is 5.83. The molecule has 0 aliphatic carbocycles. The highest BCUT2D eigenvalue weighted by Gasteiger charge is 2.41. The summed E-state index contributed by atoms with van der Waals surface area (Å²) in [6.45, 7) is 10.6. The monoisotopic (exact) mass is 449 g/mol. The summed E-state index contributed by atoms with van der Waals surface area (Å²) in [6, 6.07) is 9.89. The molecule has 1 aliphatic heterocycles. The Hall–Kier alpha value is -2.74. The van der Waals surface area contributed by atoms with E-state index in [4.69, 9.17) is 23.7 Å². The van der Waals surface area contributed by atoms with Crippen LogP contribution in [0.2, 0.25) is 0 Å². The number of aliphatic hydroxyl groups excluding tert-OH is 1. The van der Waals surface area contributed by atoms with Crippen LogP contribution in [-0.4, -0.2) is 49.2 Å². The molecule has 178 valence electrons. The molecule has 0 saturated carbocycles. The highest BCUT2D eigenvalue weighted by atomic mass is 16.7. The van der Waals surface area contributed by atoms with Crippen LogP contribution in [0.25, 0.3) is 0 Å². The van der Waals surface area contributed by atoms with Crippen LogP contribution < -0.4 is 0 Å². The van der Waals surface area contributed by atoms with Crippen molar-refractivity contribution in [2.45, 2.75) is 53.2 Å². The summed E-state index contributed by atoms with van der Waals surface area (Å²) < 4.78 is 27.4. The van der Waals surface area contributed by atoms with E-state index < -0.39 is 17.7 Å². The zero-order chi connectivity index (χ0) is 23.6. The topological polar surface area (TPSA) is 95.8 Å². The van der Waals surface area contributed by atoms with E-state index in [0.29, 0.717) is 37.8 Å². The molecule has 0 bridgehead atoms. The van der Waals surface area contributed by atoms with Gasteiger partial charge in [0.2, 0.25) is 0 Å². The fourth-order valence-corrected chi connectivity index (χ4v) is 3.29. The normalized spacial score (nSPS) is 19.8. The summed E-state index contributed by atoms with van der Waals surface area (Å²) in [4.78, 5) is 16.3. The Bertz CT molecular complexity index is 783. The number of nitrogens with zero attached hydrogens (tertiary/aromatic N) is 1. The fraction of sp³-hybridized carbons (Fsp3) is 0.583. The van der Waals surface area contributed by atoms with E-state index in [-0.39, 0.29) is 25.1 Å². The fourth-order valence-electron chi connectivity index (χ4n) is 3.29. The molecule has 1 aromatic carbocycles. The number of rotatable bonds is 10. The van der Waals surface area contributed by atoms with Crippen LogP contribution in [0, 0.1) is 11.8 Å². The SMILES string of the molecule is CCOC(=O)OC[C@H]1C(=C(O)OC(C)(C)C)N=C(OCC)[C@@H]1CCOCc1ccccc1. The van der Waals surface area contributed by atoms with Crippen LogP contribution in [0.4, 0.5) is 4.79 Å². The van der Waals surface area contributed by atoms with Crippen molar-refractivity contribution in [3.05, 3.63) is 47.5 Å². The van der Waals surface area contributed by atoms with Gasteiger partial charge in [-0.25, -0.2) is 9.79 Å². The first-order chi connectivity index (χ1) is 15.2. The van der Waals surface area contributed by atoms with Crippen molar-refractivity contribution < 1.29 is 33.6 Å². The third-order valence-electron chi connectivity index (χ3n) is 4.63. The predicted octanol–water partition coefficient (Wildman–Crippen LogP) is 4.99. The molecule has 1 heterocycles. The van der Waals surface area contributed by atoms with Gasteiger partial charge in [-0.2, -0.15) is 0 Å². The number of carbonyl (C=O) groups is 1. The smallest absolute Gasteiger partial charge is 0.481 e. The van der Waals surface area contributed by atoms with E-state index in [1.165, 1.54) is 0 Å². The van der Waals surface area contributed by atoms with Crippen LogP contribution in [0.15, 0.2) is 47.0 Å². The molecule has 0 saturated heterocycles. The van der Waals surface area contributed by atoms with E-state index in [9.17, 15) is 9.90 Å². The first-order valence-corrected chi connectivity index (χ1v) is 11.0. The van der Waals surface area contributed by atoms with Gasteiger partial charge in [-0.15, -0.1) is 0 Å². The molecule has 1 aliphatic rings. The highest BCUT2D eigenvalue weighted by Crippen LogP contribution is 2.36. The van der Waals surface area contributed by atoms with E-state index in [0.717, 1.165) is 5.56 Å². The van der Waals surface area contributed by atoms with Gasteiger partial charge >= 0.3 is 6.16 Å². The Kier molecular flexibility index (Phi) is 9.84. The van der Waals surface area contributed by atoms with Gasteiger partial charge in [0.1, 0.15) is 17.9 Å². The van der Waals surface area contributed by atoms with Crippen LogP contribution in [0.3, 0.4) is 0 Å². The molecular formula is C24H35NO7. The molecule has 1 N–H and O–H groups in total. The summed E-state index contributed by atoms with van der Waals surface area (Å²) >= 11 is 0. The standard InChI is InChI=1S/C24H35NO7/c1-6-29-21-18(13-14-28-15-17-11-9-8-10-12-17)19(16-31-23(27)30-7-2)20(25-21)22(26)32-24(3,4)5/h8-12,18-19,26H,6-7,13-16H2,1-5H3/t18-,19-/m1/s1. The minimum atomic E-state index is -0.771. The number of hydrogen-bond acceptors (Lipinski definition) is 8. The second-order valence-corrected chi connectivity index (χ2v) is 8.32. The molecule has 8 nitrogen and oxygen atoms in total. The van der Waals surface area contributed by atoms with E-state index in [2.05, 4.69) is 4.99 Å². The summed E-state index contributed by atoms with van der Waals surface area (Å²) in [5, 5.41) is 10.6. The van der Waals surface area contributed by atoms with Crippen molar-refractivity contribution >= 4 is 12.1 Å². The van der Waals surface area contributed by atoms with Crippen molar-refractivity contribution in [2.75, 3.05) is 26.4 Å². The van der Waals surface area contributed by atoms with E-state index in [1.807, 2.05) is 58.0 Å². The van der Waals surface area contributed by atoms with Gasteiger partial charge in [-0.3, -0.25) is 0 Å². The Labute approximate surface area is 190 Å². The van der Waals surface area contributed by atoms with Crippen molar-refractivity contribution in [1.29, 1.82) is 0 Å². The van der Waals surface area contributed by atoms with Gasteiger partial charge in [0.05, 0.1) is 25.7 Å². The number of carbonyl (C=O) groups excluding carboxylic acids is 1. The average molecular weight is 450 g/mol. The maximum Gasteiger partial charge on any atom is 0.508 e. The van der Waals surface area contributed by atoms with Gasteiger partial charge in [0.25, 0.3) is 5.95 Å². The van der Waals surface area contributed by atoms with Gasteiger partial charge < -0.3 is 28.8 Å². The Morgan fingerprint density at radius 3 is 2.41 bits per heavy atom. The molecule has 1 aromatic rings. The second kappa shape index (κ2) is 12.3. The summed E-state index contributed by atoms with van der Waals surface area (Å²) in [5.74, 6) is -0.545. The molecule has 0 radical (unpaired) electrons. The van der Waals surface area contributed by atoms with Gasteiger partial charge in [0.15, 0.2) is 5.90 Å². The molecule has 0 amide bonds. The van der Waals surface area contributed by atoms with Gasteiger partial charge in [-0.1, -0.05) is 30.3 Å². The Morgan fingerprint density at radius 2 is 1.78 bits per heavy atom. The average Bonchev–Trinajstić information content (AvgIpc) is 3.07. The molecular weight excluding hydrogens is 414 g/mol. The lowest BCUT2D eigenvalue weighted by molar-refractivity contribution is -0.0213. The van der Waals surface area contributed by atoms with E-state index in [1.54, 1.807) is 6.92 Å². The first kappa shape index (κ1) is 25.5. The predicted molar refractivity (Wildman–Crippen MR) is 120 cm³/mol. The summed E-state index contributed by atoms with van der Waals surface area (Å²) in [7, 11) is 0. The lowest BCUT2D eigenvalue weighted by Gasteiger charge is -2.24. The zero-order valence-corrected chi connectivity index (χ0v) is 19.6. The largest absolute Gasteiger partial charge is 0.508 e. The number of aliphatic imine (C=N–C) groups is 1. The van der Waals surface area contributed by atoms with Crippen LogP contribution in [0.5, 0.6) is 0 Å². The molecule has 0 unspecified atom stereocenters. The van der Waals surface area contributed by atoms with Crippen LogP contribution in [-0.2, 0) is 30.3 Å². The molecule has 8 heteroatoms. The van der Waals surface area contributed by atoms with Crippen molar-refractivity contribution in [3.8, 4) is 0 Å². The quantitative estimate of drug-likeness (QED) is 0.305. The first-order valence-electron chi connectivity index (χ1n) is 11.0. The number of ether oxygens (including phenoxy) is 5. The number of benzene rings is 1. The lowest BCUT2D eigenvalue weighted by Crippen LogP contribution is -2.28. The molecule has 0 aromatic heterocycles. The summed E-state index contributed by atoms with van der Waals surface area (Å²) in [6.07, 6.45) is -0.207. The molecule has 2 rings (SSSR count). The van der Waals surface area contributed by atoms with Crippen LogP contribution >= 0.6 is 0 Å². The number of hydrogen-bond donors (Lipinski definition) is 1. The zero-order valence-electron chi connectivity index (χ0n) is 19.6. The second-order valence-electron chi connectivity index (χ2n) is 8.32. The van der Waals surface area contributed by atoms with Crippen molar-refractivity contribution in [2.24, 2.45) is 16.8 Å². The summed E-state index contributed by atoms with van der Waals surface area (Å²) in [5.41, 5.74) is 0.749. The third-order valence-corrected chi connectivity index (χ3v) is 4.63. The van der Waals surface area contributed by atoms with E-state index >= 15 is 0 Å². The minimum absolute atomic E-state index is 0.0326. The molecule has 32 heavy (non-hydrogen) atoms. The van der Waals surface area contributed by atoms with Crippen LogP contribution in [0.1, 0.15) is 46.6 Å². The maximum atomic E-state index is 11.8. The third kappa shape index (κ3) is 8.07. The lowest BCUT2D eigenvalue weighted by atomic mass is 9.90. The van der Waals surface area contributed by atoms with Gasteiger partial charge in [-0.05, 0) is 46.6 Å². The Morgan fingerprint density at radius 1 is 1.06 bits per heavy atom. The minimum Gasteiger partial charge on any atom is -0.481 e. The number of aliphatic hydroxyl groups is 1. The van der Waals surface area contributed by atoms with Gasteiger partial charge in [0, 0.05) is 12.5 Å².